The predicted octanol–water partition coefficient (Wildman–Crippen LogP) is 2.84. The van der Waals surface area contributed by atoms with Crippen molar-refractivity contribution in [3.63, 3.8) is 0 Å². The Morgan fingerprint density at radius 2 is 2.27 bits per heavy atom. The molecule has 1 heterocycles. The summed E-state index contributed by atoms with van der Waals surface area (Å²) in [5.41, 5.74) is 2.10. The molecule has 3 nitrogen and oxygen atoms in total. The molecule has 0 fully saturated rings. The van der Waals surface area contributed by atoms with Gasteiger partial charge < -0.3 is 4.52 Å². The largest absolute Gasteiger partial charge is 0.355 e. The zero-order valence-electron chi connectivity index (χ0n) is 8.86. The topological polar surface area (TPSA) is 43.1 Å². The maximum Gasteiger partial charge on any atom is 0.177 e. The maximum absolute atomic E-state index is 10.8. The highest BCUT2D eigenvalue weighted by molar-refractivity contribution is 5.95. The van der Waals surface area contributed by atoms with Crippen LogP contribution in [0.4, 0.5) is 0 Å². The molecular formula is C12H13NO2. The van der Waals surface area contributed by atoms with E-state index in [2.05, 4.69) is 19.0 Å². The summed E-state index contributed by atoms with van der Waals surface area (Å²) in [5.74, 6) is 0.526. The molecule has 0 aliphatic heterocycles. The highest BCUT2D eigenvalue weighted by Gasteiger charge is 2.11. The molecule has 0 aliphatic carbocycles. The highest BCUT2D eigenvalue weighted by Crippen LogP contribution is 2.22. The van der Waals surface area contributed by atoms with E-state index in [0.717, 1.165) is 23.8 Å². The Bertz CT molecular complexity index is 485. The summed E-state index contributed by atoms with van der Waals surface area (Å²) in [6.45, 7) is 4.26. The number of hydrogen-bond acceptors (Lipinski definition) is 3. The van der Waals surface area contributed by atoms with E-state index >= 15 is 0 Å². The second kappa shape index (κ2) is 3.85. The van der Waals surface area contributed by atoms with Crippen molar-refractivity contribution in [3.8, 4) is 0 Å². The van der Waals surface area contributed by atoms with E-state index in [1.54, 1.807) is 6.07 Å². The molecule has 0 spiro atoms. The lowest BCUT2D eigenvalue weighted by atomic mass is 10.0. The van der Waals surface area contributed by atoms with Gasteiger partial charge in [0.1, 0.15) is 0 Å². The number of aromatic nitrogens is 1. The van der Waals surface area contributed by atoms with Gasteiger partial charge in [-0.25, -0.2) is 0 Å². The normalized spacial score (nSPS) is 11.1. The minimum absolute atomic E-state index is 0.526. The number of carbonyl (C=O) groups excluding carboxylic acids is 1. The van der Waals surface area contributed by atoms with Crippen molar-refractivity contribution in [3.05, 3.63) is 29.5 Å². The minimum atomic E-state index is 0.526. The van der Waals surface area contributed by atoms with E-state index in [9.17, 15) is 4.79 Å². The molecule has 1 aromatic heterocycles. The summed E-state index contributed by atoms with van der Waals surface area (Å²) < 4.78 is 5.19. The summed E-state index contributed by atoms with van der Waals surface area (Å²) in [4.78, 5) is 10.8. The quantitative estimate of drug-likeness (QED) is 0.720. The van der Waals surface area contributed by atoms with E-state index in [4.69, 9.17) is 4.52 Å². The van der Waals surface area contributed by atoms with Gasteiger partial charge in [0, 0.05) is 5.39 Å². The van der Waals surface area contributed by atoms with Crippen molar-refractivity contribution in [2.24, 2.45) is 5.92 Å². The molecule has 0 N–H and O–H groups in total. The van der Waals surface area contributed by atoms with E-state index in [1.165, 1.54) is 0 Å². The lowest BCUT2D eigenvalue weighted by Crippen LogP contribution is -1.94. The number of fused-ring (bicyclic) bond motifs is 1. The van der Waals surface area contributed by atoms with E-state index in [-0.39, 0.29) is 0 Å². The molecule has 0 bridgehead atoms. The molecule has 78 valence electrons. The van der Waals surface area contributed by atoms with Crippen molar-refractivity contribution < 1.29 is 9.32 Å². The molecule has 2 rings (SSSR count). The van der Waals surface area contributed by atoms with Gasteiger partial charge in [0.2, 0.25) is 0 Å². The average molecular weight is 203 g/mol. The van der Waals surface area contributed by atoms with Crippen LogP contribution in [0.2, 0.25) is 0 Å². The molecule has 3 heteroatoms. The van der Waals surface area contributed by atoms with Crippen LogP contribution in [0.1, 0.15) is 29.9 Å². The fraction of sp³-hybridized carbons (Fsp3) is 0.333. The van der Waals surface area contributed by atoms with Crippen LogP contribution in [0.25, 0.3) is 11.0 Å². The summed E-state index contributed by atoms with van der Waals surface area (Å²) in [6.07, 6.45) is 1.67. The Balaban J connectivity index is 2.55. The molecule has 0 unspecified atom stereocenters. The van der Waals surface area contributed by atoms with Crippen LogP contribution in [-0.4, -0.2) is 11.4 Å². The fourth-order valence-corrected chi connectivity index (χ4v) is 1.66. The average Bonchev–Trinajstić information content (AvgIpc) is 2.61. The smallest absolute Gasteiger partial charge is 0.177 e. The first-order valence-electron chi connectivity index (χ1n) is 5.05. The van der Waals surface area contributed by atoms with Gasteiger partial charge in [-0.05, 0) is 24.5 Å². The molecule has 0 radical (unpaired) electrons. The van der Waals surface area contributed by atoms with Gasteiger partial charge in [0.15, 0.2) is 11.9 Å². The molecular weight excluding hydrogens is 190 g/mol. The maximum atomic E-state index is 10.8. The number of benzene rings is 1. The molecule has 1 aromatic carbocycles. The molecule has 0 saturated carbocycles. The van der Waals surface area contributed by atoms with Gasteiger partial charge in [-0.1, -0.05) is 25.1 Å². The second-order valence-electron chi connectivity index (χ2n) is 4.07. The molecule has 0 aliphatic rings. The lowest BCUT2D eigenvalue weighted by Gasteiger charge is -1.99. The molecule has 2 aromatic rings. The van der Waals surface area contributed by atoms with Gasteiger partial charge in [-0.15, -0.1) is 0 Å². The van der Waals surface area contributed by atoms with Crippen LogP contribution in [0.3, 0.4) is 0 Å². The first-order chi connectivity index (χ1) is 7.22. The van der Waals surface area contributed by atoms with E-state index in [1.807, 2.05) is 12.1 Å². The molecule has 0 amide bonds. The fourth-order valence-electron chi connectivity index (χ4n) is 1.66. The first-order valence-corrected chi connectivity index (χ1v) is 5.05. The van der Waals surface area contributed by atoms with Crippen LogP contribution in [0.5, 0.6) is 0 Å². The number of aldehydes is 1. The Hall–Kier alpha value is -1.64. The van der Waals surface area contributed by atoms with Gasteiger partial charge in [0.05, 0.1) is 11.3 Å². The molecule has 0 saturated heterocycles. The van der Waals surface area contributed by atoms with E-state index in [0.29, 0.717) is 17.1 Å². The number of nitrogens with zero attached hydrogens (tertiary/aromatic N) is 1. The third kappa shape index (κ3) is 1.77. The van der Waals surface area contributed by atoms with Crippen molar-refractivity contribution in [2.75, 3.05) is 0 Å². The van der Waals surface area contributed by atoms with Gasteiger partial charge in [0.25, 0.3) is 0 Å². The van der Waals surface area contributed by atoms with Crippen molar-refractivity contribution in [1.82, 2.24) is 5.16 Å². The number of carbonyl (C=O) groups is 1. The van der Waals surface area contributed by atoms with Gasteiger partial charge >= 0.3 is 0 Å². The summed E-state index contributed by atoms with van der Waals surface area (Å²) in [5, 5.41) is 4.96. The second-order valence-corrected chi connectivity index (χ2v) is 4.07. The Morgan fingerprint density at radius 1 is 1.47 bits per heavy atom. The third-order valence-corrected chi connectivity index (χ3v) is 2.33. The Labute approximate surface area is 88.1 Å². The SMILES string of the molecule is CC(C)Cc1noc2c(C=O)cccc12. The molecule has 15 heavy (non-hydrogen) atoms. The third-order valence-electron chi connectivity index (χ3n) is 2.33. The number of hydrogen-bond donors (Lipinski definition) is 0. The van der Waals surface area contributed by atoms with Crippen LogP contribution >= 0.6 is 0 Å². The number of rotatable bonds is 3. The monoisotopic (exact) mass is 203 g/mol. The van der Waals surface area contributed by atoms with Crippen molar-refractivity contribution in [1.29, 1.82) is 0 Å². The van der Waals surface area contributed by atoms with Crippen LogP contribution in [-0.2, 0) is 6.42 Å². The Kier molecular flexibility index (Phi) is 2.54. The number of para-hydroxylation sites is 1. The lowest BCUT2D eigenvalue weighted by molar-refractivity contribution is 0.112. The molecule has 0 atom stereocenters. The standard InChI is InChI=1S/C12H13NO2/c1-8(2)6-11-10-5-3-4-9(7-14)12(10)15-13-11/h3-5,7-8H,6H2,1-2H3. The summed E-state index contributed by atoms with van der Waals surface area (Å²) in [7, 11) is 0. The summed E-state index contributed by atoms with van der Waals surface area (Å²) in [6, 6.07) is 5.53. The highest BCUT2D eigenvalue weighted by atomic mass is 16.5. The van der Waals surface area contributed by atoms with Crippen LogP contribution in [0.15, 0.2) is 22.7 Å². The minimum Gasteiger partial charge on any atom is -0.355 e. The van der Waals surface area contributed by atoms with Crippen molar-refractivity contribution in [2.45, 2.75) is 20.3 Å². The Morgan fingerprint density at radius 3 is 2.93 bits per heavy atom. The van der Waals surface area contributed by atoms with Crippen LogP contribution < -0.4 is 0 Å². The first kappa shape index (κ1) is 9.90. The summed E-state index contributed by atoms with van der Waals surface area (Å²) >= 11 is 0. The van der Waals surface area contributed by atoms with E-state index < -0.39 is 0 Å². The zero-order chi connectivity index (χ0) is 10.8. The van der Waals surface area contributed by atoms with Crippen LogP contribution in [0, 0.1) is 5.92 Å². The van der Waals surface area contributed by atoms with Gasteiger partial charge in [-0.2, -0.15) is 0 Å². The van der Waals surface area contributed by atoms with Gasteiger partial charge in [-0.3, -0.25) is 4.79 Å². The van der Waals surface area contributed by atoms with Crippen molar-refractivity contribution >= 4 is 17.3 Å². The zero-order valence-corrected chi connectivity index (χ0v) is 8.86. The predicted molar refractivity (Wildman–Crippen MR) is 57.9 cm³/mol.